The Bertz CT molecular complexity index is 1160. The molecule has 0 bridgehead atoms. The molecule has 3 aromatic carbocycles. The third-order valence-corrected chi connectivity index (χ3v) is 6.45. The third kappa shape index (κ3) is 3.48. The number of aliphatic imine (C=N–C) groups is 1. The Morgan fingerprint density at radius 3 is 2.61 bits per heavy atom. The molecule has 1 atom stereocenters. The van der Waals surface area contributed by atoms with Crippen LogP contribution < -0.4 is 10.6 Å². The number of hydrogen-bond acceptors (Lipinski definition) is 6. The number of guanidine groups is 1. The first-order valence-electron chi connectivity index (χ1n) is 8.90. The van der Waals surface area contributed by atoms with Gasteiger partial charge in [0.05, 0.1) is 16.3 Å². The van der Waals surface area contributed by atoms with Crippen molar-refractivity contribution in [1.29, 1.82) is 0 Å². The summed E-state index contributed by atoms with van der Waals surface area (Å²) < 4.78 is 25.7. The summed E-state index contributed by atoms with van der Waals surface area (Å²) in [5, 5.41) is 8.00. The number of benzene rings is 3. The average Bonchev–Trinajstić information content (AvgIpc) is 3.20. The summed E-state index contributed by atoms with van der Waals surface area (Å²) in [4.78, 5) is 15.6. The lowest BCUT2D eigenvalue weighted by Crippen LogP contribution is -2.39. The van der Waals surface area contributed by atoms with E-state index >= 15 is 0 Å². The molecule has 1 aliphatic heterocycles. The van der Waals surface area contributed by atoms with Gasteiger partial charge in [0.15, 0.2) is 5.96 Å². The lowest BCUT2D eigenvalue weighted by molar-refractivity contribution is -0.108. The highest BCUT2D eigenvalue weighted by Crippen LogP contribution is 2.26. The number of hydrogen-bond donors (Lipinski definition) is 2. The van der Waals surface area contributed by atoms with E-state index < -0.39 is 9.84 Å². The topological polar surface area (TPSA) is 87.6 Å². The van der Waals surface area contributed by atoms with Crippen LogP contribution in [-0.4, -0.2) is 33.3 Å². The third-order valence-electron chi connectivity index (χ3n) is 4.68. The van der Waals surface area contributed by atoms with E-state index in [0.717, 1.165) is 22.6 Å². The van der Waals surface area contributed by atoms with Gasteiger partial charge in [-0.15, -0.1) is 0 Å². The van der Waals surface area contributed by atoms with E-state index in [0.29, 0.717) is 19.0 Å². The van der Waals surface area contributed by atoms with E-state index in [9.17, 15) is 13.2 Å². The van der Waals surface area contributed by atoms with Crippen molar-refractivity contribution < 1.29 is 13.2 Å². The van der Waals surface area contributed by atoms with Crippen LogP contribution in [0.5, 0.6) is 0 Å². The van der Waals surface area contributed by atoms with Crippen LogP contribution in [0.3, 0.4) is 0 Å². The van der Waals surface area contributed by atoms with Crippen molar-refractivity contribution in [2.45, 2.75) is 22.4 Å². The molecule has 1 heterocycles. The van der Waals surface area contributed by atoms with E-state index in [1.807, 2.05) is 24.3 Å². The molecular formula is C21H19N3O3S. The molecule has 0 saturated carbocycles. The van der Waals surface area contributed by atoms with Gasteiger partial charge in [0.2, 0.25) is 9.84 Å². The first-order chi connectivity index (χ1) is 13.6. The van der Waals surface area contributed by atoms with Crippen molar-refractivity contribution in [3.8, 4) is 0 Å². The summed E-state index contributed by atoms with van der Waals surface area (Å²) >= 11 is 0. The van der Waals surface area contributed by atoms with Crippen molar-refractivity contribution in [3.05, 3.63) is 72.3 Å². The van der Waals surface area contributed by atoms with E-state index in [1.54, 1.807) is 42.5 Å². The largest absolute Gasteiger partial charge is 0.352 e. The van der Waals surface area contributed by atoms with Gasteiger partial charge in [-0.25, -0.2) is 8.42 Å². The van der Waals surface area contributed by atoms with Gasteiger partial charge < -0.3 is 15.4 Å². The summed E-state index contributed by atoms with van der Waals surface area (Å²) in [5.74, 6) is 0.595. The standard InChI is InChI=1S/C21H19N3O3S/c25-14-17-13-23-21(24-17)22-12-16-6-4-5-15-11-19(9-10-20(15)16)28(26,27)18-7-2-1-3-8-18/h1-11,14,17H,12-13H2,(H2,22,23,24). The molecular weight excluding hydrogens is 374 g/mol. The van der Waals surface area contributed by atoms with Crippen LogP contribution in [0.4, 0.5) is 0 Å². The minimum Gasteiger partial charge on any atom is -0.352 e. The zero-order valence-corrected chi connectivity index (χ0v) is 15.8. The van der Waals surface area contributed by atoms with E-state index in [-0.39, 0.29) is 15.8 Å². The quantitative estimate of drug-likeness (QED) is 0.650. The van der Waals surface area contributed by atoms with E-state index in [4.69, 9.17) is 0 Å². The fourth-order valence-electron chi connectivity index (χ4n) is 3.21. The highest BCUT2D eigenvalue weighted by molar-refractivity contribution is 7.91. The van der Waals surface area contributed by atoms with Crippen molar-refractivity contribution in [3.63, 3.8) is 0 Å². The fourth-order valence-corrected chi connectivity index (χ4v) is 4.52. The molecule has 0 fully saturated rings. The molecule has 28 heavy (non-hydrogen) atoms. The molecule has 0 aromatic heterocycles. The number of fused-ring (bicyclic) bond motifs is 1. The summed E-state index contributed by atoms with van der Waals surface area (Å²) in [6, 6.07) is 19.1. The van der Waals surface area contributed by atoms with Crippen LogP contribution in [0.25, 0.3) is 10.8 Å². The molecule has 6 nitrogen and oxygen atoms in total. The highest BCUT2D eigenvalue weighted by Gasteiger charge is 2.18. The minimum absolute atomic E-state index is 0.270. The number of rotatable bonds is 5. The number of carbonyl (C=O) groups excluding carboxylic acids is 1. The number of sulfone groups is 1. The summed E-state index contributed by atoms with van der Waals surface area (Å²) in [7, 11) is -3.56. The Morgan fingerprint density at radius 2 is 1.86 bits per heavy atom. The number of nitrogens with zero attached hydrogens (tertiary/aromatic N) is 1. The van der Waals surface area contributed by atoms with Gasteiger partial charge >= 0.3 is 0 Å². The molecule has 0 saturated heterocycles. The smallest absolute Gasteiger partial charge is 0.206 e. The van der Waals surface area contributed by atoms with Crippen molar-refractivity contribution in [1.82, 2.24) is 10.6 Å². The first-order valence-corrected chi connectivity index (χ1v) is 10.4. The van der Waals surface area contributed by atoms with Gasteiger partial charge in [-0.1, -0.05) is 42.5 Å². The Labute approximate surface area is 163 Å². The second-order valence-corrected chi connectivity index (χ2v) is 8.50. The van der Waals surface area contributed by atoms with Crippen LogP contribution >= 0.6 is 0 Å². The normalized spacial score (nSPS) is 16.4. The van der Waals surface area contributed by atoms with Gasteiger partial charge in [-0.3, -0.25) is 4.99 Å². The lowest BCUT2D eigenvalue weighted by atomic mass is 10.0. The van der Waals surface area contributed by atoms with E-state index in [1.165, 1.54) is 0 Å². The molecule has 0 aliphatic carbocycles. The maximum absolute atomic E-state index is 12.9. The predicted octanol–water partition coefficient (Wildman–Crippen LogP) is 2.29. The predicted molar refractivity (Wildman–Crippen MR) is 108 cm³/mol. The van der Waals surface area contributed by atoms with Crippen molar-refractivity contribution >= 4 is 32.9 Å². The zero-order chi connectivity index (χ0) is 19.6. The Hall–Kier alpha value is -3.19. The maximum atomic E-state index is 12.9. The molecule has 7 heteroatoms. The maximum Gasteiger partial charge on any atom is 0.206 e. The summed E-state index contributed by atoms with van der Waals surface area (Å²) in [5.41, 5.74) is 1.01. The SMILES string of the molecule is O=CC1CN=C(NCc2cccc3cc(S(=O)(=O)c4ccccc4)ccc23)N1. The lowest BCUT2D eigenvalue weighted by Gasteiger charge is -2.12. The monoisotopic (exact) mass is 393 g/mol. The Balaban J connectivity index is 1.61. The average molecular weight is 393 g/mol. The second-order valence-electron chi connectivity index (χ2n) is 6.55. The van der Waals surface area contributed by atoms with E-state index in [2.05, 4.69) is 15.6 Å². The number of aldehydes is 1. The second kappa shape index (κ2) is 7.44. The fraction of sp³-hybridized carbons (Fsp3) is 0.143. The molecule has 2 N–H and O–H groups in total. The summed E-state index contributed by atoms with van der Waals surface area (Å²) in [6.07, 6.45) is 0.838. The molecule has 142 valence electrons. The van der Waals surface area contributed by atoms with Gasteiger partial charge in [-0.05, 0) is 40.6 Å². The van der Waals surface area contributed by atoms with Crippen LogP contribution in [0.2, 0.25) is 0 Å². The number of nitrogens with one attached hydrogen (secondary N) is 2. The Morgan fingerprint density at radius 1 is 1.04 bits per heavy atom. The molecule has 0 radical (unpaired) electrons. The molecule has 0 amide bonds. The summed E-state index contributed by atoms with van der Waals surface area (Å²) in [6.45, 7) is 0.946. The molecule has 4 rings (SSSR count). The minimum atomic E-state index is -3.56. The van der Waals surface area contributed by atoms with Crippen LogP contribution in [0, 0.1) is 0 Å². The van der Waals surface area contributed by atoms with Gasteiger partial charge in [0.25, 0.3) is 0 Å². The van der Waals surface area contributed by atoms with Crippen molar-refractivity contribution in [2.24, 2.45) is 4.99 Å². The van der Waals surface area contributed by atoms with Crippen LogP contribution in [0.15, 0.2) is 81.5 Å². The van der Waals surface area contributed by atoms with Gasteiger partial charge in [0.1, 0.15) is 12.3 Å². The molecule has 3 aromatic rings. The number of carbonyl (C=O) groups is 1. The highest BCUT2D eigenvalue weighted by atomic mass is 32.2. The van der Waals surface area contributed by atoms with Gasteiger partial charge in [0, 0.05) is 6.54 Å². The zero-order valence-electron chi connectivity index (χ0n) is 15.0. The molecule has 1 unspecified atom stereocenters. The van der Waals surface area contributed by atoms with Gasteiger partial charge in [-0.2, -0.15) is 0 Å². The van der Waals surface area contributed by atoms with Crippen molar-refractivity contribution in [2.75, 3.05) is 6.54 Å². The molecule has 0 spiro atoms. The molecule has 1 aliphatic rings. The van der Waals surface area contributed by atoms with Crippen LogP contribution in [0.1, 0.15) is 5.56 Å². The van der Waals surface area contributed by atoms with Crippen LogP contribution in [-0.2, 0) is 21.2 Å². The first kappa shape index (κ1) is 18.2. The Kier molecular flexibility index (Phi) is 4.83.